The zero-order valence-electron chi connectivity index (χ0n) is 22.8. The molecule has 0 saturated carbocycles. The van der Waals surface area contributed by atoms with Gasteiger partial charge in [0, 0.05) is 12.1 Å². The van der Waals surface area contributed by atoms with E-state index in [1.54, 1.807) is 26.4 Å². The summed E-state index contributed by atoms with van der Waals surface area (Å²) in [7, 11) is 7.82. The van der Waals surface area contributed by atoms with Gasteiger partial charge < -0.3 is 33.3 Å². The Labute approximate surface area is 224 Å². The summed E-state index contributed by atoms with van der Waals surface area (Å²) in [5.74, 6) is 3.11. The lowest BCUT2D eigenvalue weighted by Gasteiger charge is -2.37. The van der Waals surface area contributed by atoms with Gasteiger partial charge in [-0.25, -0.2) is 0 Å². The van der Waals surface area contributed by atoms with Crippen molar-refractivity contribution in [3.8, 4) is 34.5 Å². The molecule has 3 aromatic carbocycles. The second-order valence-electron chi connectivity index (χ2n) is 8.89. The predicted octanol–water partition coefficient (Wildman–Crippen LogP) is 5.11. The van der Waals surface area contributed by atoms with E-state index in [0.717, 1.165) is 23.3 Å². The van der Waals surface area contributed by atoms with Gasteiger partial charge >= 0.3 is 0 Å². The van der Waals surface area contributed by atoms with Gasteiger partial charge in [-0.15, -0.1) is 0 Å². The van der Waals surface area contributed by atoms with Crippen LogP contribution in [0.5, 0.6) is 34.5 Å². The van der Waals surface area contributed by atoms with E-state index >= 15 is 0 Å². The standard InChI is InChI=1S/C30H35NO7/c1-7-19-8-10-22(11-9-19)38-18-24-23-17-26(34-3)25(33-2)14-20(23)12-13-31(24)30(32)21-15-27(35-4)29(37-6)28(16-21)36-5/h8-11,14-17,24H,7,12-13,18H2,1-6H3/t24-/m0/s1. The Bertz CT molecular complexity index is 1250. The van der Waals surface area contributed by atoms with Crippen LogP contribution in [0.1, 0.15) is 40.0 Å². The van der Waals surface area contributed by atoms with Gasteiger partial charge in [0.2, 0.25) is 5.75 Å². The molecule has 1 aliphatic heterocycles. The maximum Gasteiger partial charge on any atom is 0.254 e. The van der Waals surface area contributed by atoms with Gasteiger partial charge in [-0.05, 0) is 65.9 Å². The van der Waals surface area contributed by atoms with Crippen molar-refractivity contribution in [2.75, 3.05) is 48.7 Å². The number of carbonyl (C=O) groups is 1. The number of methoxy groups -OCH3 is 5. The average molecular weight is 522 g/mol. The minimum Gasteiger partial charge on any atom is -0.493 e. The Morgan fingerprint density at radius 1 is 0.816 bits per heavy atom. The zero-order chi connectivity index (χ0) is 27.2. The molecule has 0 N–H and O–H groups in total. The summed E-state index contributed by atoms with van der Waals surface area (Å²) in [5, 5.41) is 0. The normalized spacial score (nSPS) is 14.4. The van der Waals surface area contributed by atoms with E-state index in [0.29, 0.717) is 47.3 Å². The van der Waals surface area contributed by atoms with Crippen LogP contribution in [0.4, 0.5) is 0 Å². The van der Waals surface area contributed by atoms with E-state index in [9.17, 15) is 4.79 Å². The Morgan fingerprint density at radius 3 is 1.97 bits per heavy atom. The van der Waals surface area contributed by atoms with E-state index in [4.69, 9.17) is 28.4 Å². The molecular formula is C30H35NO7. The largest absolute Gasteiger partial charge is 0.493 e. The van der Waals surface area contributed by atoms with Gasteiger partial charge in [-0.2, -0.15) is 0 Å². The highest BCUT2D eigenvalue weighted by atomic mass is 16.5. The molecule has 8 nitrogen and oxygen atoms in total. The highest BCUT2D eigenvalue weighted by Gasteiger charge is 2.34. The summed E-state index contributed by atoms with van der Waals surface area (Å²) in [4.78, 5) is 15.8. The Kier molecular flexibility index (Phi) is 8.51. The minimum absolute atomic E-state index is 0.167. The van der Waals surface area contributed by atoms with Gasteiger partial charge in [0.25, 0.3) is 5.91 Å². The average Bonchev–Trinajstić information content (AvgIpc) is 2.97. The number of ether oxygens (including phenoxy) is 6. The maximum absolute atomic E-state index is 14.0. The molecule has 0 aromatic heterocycles. The van der Waals surface area contributed by atoms with Crippen LogP contribution >= 0.6 is 0 Å². The third-order valence-electron chi connectivity index (χ3n) is 6.91. The number of nitrogens with zero attached hydrogens (tertiary/aromatic N) is 1. The molecule has 1 aliphatic rings. The van der Waals surface area contributed by atoms with Crippen molar-refractivity contribution in [1.29, 1.82) is 0 Å². The first-order chi connectivity index (χ1) is 18.5. The second-order valence-corrected chi connectivity index (χ2v) is 8.89. The van der Waals surface area contributed by atoms with Crippen molar-refractivity contribution >= 4 is 5.91 Å². The molecule has 4 rings (SSSR count). The summed E-state index contributed by atoms with van der Waals surface area (Å²) < 4.78 is 33.8. The summed E-state index contributed by atoms with van der Waals surface area (Å²) >= 11 is 0. The van der Waals surface area contributed by atoms with Crippen LogP contribution < -0.4 is 28.4 Å². The molecular weight excluding hydrogens is 486 g/mol. The number of amides is 1. The van der Waals surface area contributed by atoms with E-state index in [2.05, 4.69) is 19.1 Å². The summed E-state index contributed by atoms with van der Waals surface area (Å²) in [6.45, 7) is 2.88. The highest BCUT2D eigenvalue weighted by Crippen LogP contribution is 2.41. The van der Waals surface area contributed by atoms with E-state index in [1.165, 1.54) is 26.9 Å². The van der Waals surface area contributed by atoms with Crippen LogP contribution in [-0.4, -0.2) is 59.5 Å². The topological polar surface area (TPSA) is 75.7 Å². The number of fused-ring (bicyclic) bond motifs is 1. The van der Waals surface area contributed by atoms with Crippen LogP contribution in [0.15, 0.2) is 48.5 Å². The van der Waals surface area contributed by atoms with E-state index in [1.807, 2.05) is 29.2 Å². The summed E-state index contributed by atoms with van der Waals surface area (Å²) in [6, 6.07) is 14.9. The van der Waals surface area contributed by atoms with Gasteiger partial charge in [0.05, 0.1) is 41.6 Å². The summed E-state index contributed by atoms with van der Waals surface area (Å²) in [6.07, 6.45) is 1.61. The third kappa shape index (κ3) is 5.30. The molecule has 1 atom stereocenters. The van der Waals surface area contributed by atoms with Crippen molar-refractivity contribution in [3.05, 3.63) is 70.8 Å². The molecule has 0 spiro atoms. The molecule has 0 bridgehead atoms. The molecule has 0 unspecified atom stereocenters. The summed E-state index contributed by atoms with van der Waals surface area (Å²) in [5.41, 5.74) is 3.71. The molecule has 1 amide bonds. The van der Waals surface area contributed by atoms with Gasteiger partial charge in [0.1, 0.15) is 12.4 Å². The number of aryl methyl sites for hydroxylation is 1. The van der Waals surface area contributed by atoms with Crippen molar-refractivity contribution in [3.63, 3.8) is 0 Å². The molecule has 3 aromatic rings. The predicted molar refractivity (Wildman–Crippen MR) is 144 cm³/mol. The van der Waals surface area contributed by atoms with Crippen molar-refractivity contribution < 1.29 is 33.2 Å². The van der Waals surface area contributed by atoms with Gasteiger partial charge in [-0.1, -0.05) is 19.1 Å². The molecule has 38 heavy (non-hydrogen) atoms. The monoisotopic (exact) mass is 521 g/mol. The lowest BCUT2D eigenvalue weighted by Crippen LogP contribution is -2.42. The number of carbonyl (C=O) groups excluding carboxylic acids is 1. The van der Waals surface area contributed by atoms with Crippen molar-refractivity contribution in [1.82, 2.24) is 4.90 Å². The maximum atomic E-state index is 14.0. The fraction of sp³-hybridized carbons (Fsp3) is 0.367. The van der Waals surface area contributed by atoms with E-state index in [-0.39, 0.29) is 18.6 Å². The van der Waals surface area contributed by atoms with Gasteiger partial charge in [-0.3, -0.25) is 4.79 Å². The molecule has 0 radical (unpaired) electrons. The lowest BCUT2D eigenvalue weighted by atomic mass is 9.91. The molecule has 0 aliphatic carbocycles. The van der Waals surface area contributed by atoms with Crippen LogP contribution in [-0.2, 0) is 12.8 Å². The van der Waals surface area contributed by atoms with Gasteiger partial charge in [0.15, 0.2) is 23.0 Å². The first-order valence-corrected chi connectivity index (χ1v) is 12.5. The fourth-order valence-electron chi connectivity index (χ4n) is 4.82. The first kappa shape index (κ1) is 27.0. The molecule has 0 saturated heterocycles. The number of hydrogen-bond donors (Lipinski definition) is 0. The lowest BCUT2D eigenvalue weighted by molar-refractivity contribution is 0.0588. The van der Waals surface area contributed by atoms with Crippen molar-refractivity contribution in [2.45, 2.75) is 25.8 Å². The number of hydrogen-bond acceptors (Lipinski definition) is 7. The number of rotatable bonds is 10. The van der Waals surface area contributed by atoms with Crippen LogP contribution in [0.2, 0.25) is 0 Å². The number of benzene rings is 3. The van der Waals surface area contributed by atoms with Crippen LogP contribution in [0.3, 0.4) is 0 Å². The molecule has 1 heterocycles. The second kappa shape index (κ2) is 12.0. The highest BCUT2D eigenvalue weighted by molar-refractivity contribution is 5.96. The molecule has 8 heteroatoms. The third-order valence-corrected chi connectivity index (χ3v) is 6.91. The first-order valence-electron chi connectivity index (χ1n) is 12.5. The molecule has 202 valence electrons. The van der Waals surface area contributed by atoms with Crippen LogP contribution in [0, 0.1) is 0 Å². The Balaban J connectivity index is 1.73. The SMILES string of the molecule is CCc1ccc(OC[C@H]2c3cc(OC)c(OC)cc3CCN2C(=O)c2cc(OC)c(OC)c(OC)c2)cc1. The Morgan fingerprint density at radius 2 is 1.42 bits per heavy atom. The quantitative estimate of drug-likeness (QED) is 0.367. The minimum atomic E-state index is -0.365. The Hall–Kier alpha value is -4.07. The zero-order valence-corrected chi connectivity index (χ0v) is 22.8. The fourth-order valence-corrected chi connectivity index (χ4v) is 4.82. The van der Waals surface area contributed by atoms with Crippen LogP contribution in [0.25, 0.3) is 0 Å². The molecule has 0 fully saturated rings. The van der Waals surface area contributed by atoms with E-state index < -0.39 is 0 Å². The van der Waals surface area contributed by atoms with Crippen molar-refractivity contribution in [2.24, 2.45) is 0 Å². The smallest absolute Gasteiger partial charge is 0.254 e.